The summed E-state index contributed by atoms with van der Waals surface area (Å²) >= 11 is 0. The van der Waals surface area contributed by atoms with Crippen LogP contribution in [0, 0.1) is 11.3 Å². The first-order chi connectivity index (χ1) is 27.8. The fraction of sp³-hybridized carbons (Fsp3) is 0.650. The van der Waals surface area contributed by atoms with Crippen molar-refractivity contribution in [3.63, 3.8) is 0 Å². The fourth-order valence-corrected chi connectivity index (χ4v) is 6.64. The van der Waals surface area contributed by atoms with Crippen molar-refractivity contribution in [1.29, 1.82) is 0 Å². The van der Waals surface area contributed by atoms with Crippen molar-refractivity contribution in [2.24, 2.45) is 32.8 Å². The first-order valence-electron chi connectivity index (χ1n) is 20.2. The standard InChI is InChI=1S/C40H67N11O8/c1-24(2)22-29(37(58)59)49-35(56)32(40(3,4)5)50-33(54)28(23-25-15-17-26(52)18-16-25)48-34(55)30-13-11-21-51(30)36(57)27(12-10-20-45-38(41)42)47-31(53)14-8-9-19-46-39(43-6)44-7/h15-18,24,27-30,32,52H,8-14,19-23H2,1-7H3,(H,47,53)(H,48,55)(H,49,56)(H,50,54)(H,58,59)(H4,41,42,45)(H2,43,44,46)/t27-,28-,29-,30-,32+/m0/s1. The molecule has 0 bridgehead atoms. The SMILES string of the molecule is CN=C(NC)NCCCCC(=O)N[C@@H](CCCN=C(N)N)C(=O)N1CCC[C@H]1C(=O)N[C@@H](Cc1ccc(O)cc1)C(=O)N[C@H](C(=O)N[C@@H](CC(C)C)C(=O)O)C(C)(C)C. The number of phenols is 1. The monoisotopic (exact) mass is 830 g/mol. The van der Waals surface area contributed by atoms with E-state index in [1.54, 1.807) is 47.0 Å². The highest BCUT2D eigenvalue weighted by molar-refractivity contribution is 5.96. The fourth-order valence-electron chi connectivity index (χ4n) is 6.64. The van der Waals surface area contributed by atoms with Crippen LogP contribution in [0.2, 0.25) is 0 Å². The Labute approximate surface area is 347 Å². The highest BCUT2D eigenvalue weighted by Crippen LogP contribution is 2.23. The first-order valence-corrected chi connectivity index (χ1v) is 20.2. The maximum absolute atomic E-state index is 14.1. The number of unbranched alkanes of at least 4 members (excludes halogenated alkanes) is 1. The van der Waals surface area contributed by atoms with E-state index < -0.39 is 65.2 Å². The summed E-state index contributed by atoms with van der Waals surface area (Å²) in [6.45, 7) is 9.87. The van der Waals surface area contributed by atoms with Crippen LogP contribution in [-0.4, -0.2) is 126 Å². The maximum Gasteiger partial charge on any atom is 0.326 e. The van der Waals surface area contributed by atoms with Gasteiger partial charge in [0.2, 0.25) is 29.5 Å². The first kappa shape index (κ1) is 49.5. The van der Waals surface area contributed by atoms with E-state index in [-0.39, 0.29) is 62.3 Å². The number of carboxylic acids is 1. The number of amides is 5. The number of aliphatic imine (C=N–C) groups is 2. The quantitative estimate of drug-likeness (QED) is 0.0422. The molecular formula is C40H67N11O8. The van der Waals surface area contributed by atoms with Crippen LogP contribution in [0.15, 0.2) is 34.3 Å². The molecule has 330 valence electrons. The largest absolute Gasteiger partial charge is 0.508 e. The molecule has 0 unspecified atom stereocenters. The predicted molar refractivity (Wildman–Crippen MR) is 225 cm³/mol. The summed E-state index contributed by atoms with van der Waals surface area (Å²) in [6, 6.07) is 0.498. The predicted octanol–water partition coefficient (Wildman–Crippen LogP) is 0.0604. The molecule has 12 N–H and O–H groups in total. The number of carbonyl (C=O) groups excluding carboxylic acids is 5. The number of likely N-dealkylation sites (tertiary alicyclic amines) is 1. The number of benzene rings is 1. The third-order valence-electron chi connectivity index (χ3n) is 9.75. The van der Waals surface area contributed by atoms with Gasteiger partial charge < -0.3 is 58.5 Å². The van der Waals surface area contributed by atoms with Crippen molar-refractivity contribution in [3.8, 4) is 5.75 Å². The Kier molecular flexibility index (Phi) is 20.4. The second kappa shape index (κ2) is 24.3. The zero-order valence-corrected chi connectivity index (χ0v) is 35.6. The minimum absolute atomic E-state index is 0.000218. The molecule has 1 aromatic carbocycles. The summed E-state index contributed by atoms with van der Waals surface area (Å²) < 4.78 is 0. The van der Waals surface area contributed by atoms with E-state index in [2.05, 4.69) is 41.9 Å². The van der Waals surface area contributed by atoms with Crippen LogP contribution in [0.5, 0.6) is 5.75 Å². The lowest BCUT2D eigenvalue weighted by Crippen LogP contribution is -2.61. The van der Waals surface area contributed by atoms with E-state index in [0.29, 0.717) is 50.2 Å². The van der Waals surface area contributed by atoms with Gasteiger partial charge in [0.15, 0.2) is 11.9 Å². The van der Waals surface area contributed by atoms with Gasteiger partial charge in [-0.15, -0.1) is 0 Å². The molecule has 1 aliphatic rings. The molecule has 2 rings (SSSR count). The van der Waals surface area contributed by atoms with Gasteiger partial charge in [-0.05, 0) is 74.0 Å². The van der Waals surface area contributed by atoms with Crippen LogP contribution in [-0.2, 0) is 35.2 Å². The molecule has 0 spiro atoms. The summed E-state index contributed by atoms with van der Waals surface area (Å²) in [4.78, 5) is 90.5. The second-order valence-electron chi connectivity index (χ2n) is 16.2. The number of aliphatic carboxylic acids is 1. The molecule has 1 heterocycles. The molecule has 5 atom stereocenters. The molecule has 1 aromatic rings. The van der Waals surface area contributed by atoms with Crippen molar-refractivity contribution < 1.29 is 39.0 Å². The molecule has 1 fully saturated rings. The lowest BCUT2D eigenvalue weighted by atomic mass is 9.85. The molecular weight excluding hydrogens is 763 g/mol. The van der Waals surface area contributed by atoms with Crippen LogP contribution in [0.1, 0.15) is 91.5 Å². The summed E-state index contributed by atoms with van der Waals surface area (Å²) in [7, 11) is 3.40. The maximum atomic E-state index is 14.1. The minimum Gasteiger partial charge on any atom is -0.508 e. The zero-order chi connectivity index (χ0) is 44.3. The van der Waals surface area contributed by atoms with Gasteiger partial charge in [-0.1, -0.05) is 46.8 Å². The number of aromatic hydroxyl groups is 1. The number of nitrogens with two attached hydrogens (primary N) is 2. The van der Waals surface area contributed by atoms with Gasteiger partial charge in [0.05, 0.1) is 0 Å². The molecule has 0 radical (unpaired) electrons. The number of carboxylic acid groups (broad SMARTS) is 1. The number of nitrogens with zero attached hydrogens (tertiary/aromatic N) is 3. The molecule has 0 aliphatic carbocycles. The molecule has 19 heteroatoms. The minimum atomic E-state index is -1.24. The highest BCUT2D eigenvalue weighted by atomic mass is 16.4. The van der Waals surface area contributed by atoms with E-state index >= 15 is 0 Å². The normalized spacial score (nSPS) is 16.2. The van der Waals surface area contributed by atoms with Gasteiger partial charge >= 0.3 is 5.97 Å². The van der Waals surface area contributed by atoms with Crippen molar-refractivity contribution >= 4 is 47.4 Å². The van der Waals surface area contributed by atoms with Crippen LogP contribution >= 0.6 is 0 Å². The van der Waals surface area contributed by atoms with Crippen LogP contribution in [0.4, 0.5) is 0 Å². The smallest absolute Gasteiger partial charge is 0.326 e. The molecule has 1 saturated heterocycles. The summed E-state index contributed by atoms with van der Waals surface area (Å²) in [5.41, 5.74) is 10.7. The third kappa shape index (κ3) is 17.4. The van der Waals surface area contributed by atoms with E-state index in [1.807, 2.05) is 13.8 Å². The molecule has 19 nitrogen and oxygen atoms in total. The van der Waals surface area contributed by atoms with E-state index in [1.165, 1.54) is 17.0 Å². The number of rotatable bonds is 22. The molecule has 0 aromatic heterocycles. The molecule has 1 aliphatic heterocycles. The van der Waals surface area contributed by atoms with Gasteiger partial charge in [-0.25, -0.2) is 4.79 Å². The average Bonchev–Trinajstić information content (AvgIpc) is 3.66. The van der Waals surface area contributed by atoms with Crippen LogP contribution in [0.3, 0.4) is 0 Å². The van der Waals surface area contributed by atoms with Crippen LogP contribution < -0.4 is 43.4 Å². The molecule has 5 amide bonds. The third-order valence-corrected chi connectivity index (χ3v) is 9.75. The number of hydrogen-bond acceptors (Lipinski definition) is 9. The van der Waals surface area contributed by atoms with Crippen molar-refractivity contribution in [3.05, 3.63) is 29.8 Å². The number of hydrogen-bond donors (Lipinski definition) is 10. The van der Waals surface area contributed by atoms with E-state index in [0.717, 1.165) is 0 Å². The zero-order valence-electron chi connectivity index (χ0n) is 35.6. The Balaban J connectivity index is 2.31. The lowest BCUT2D eigenvalue weighted by molar-refractivity contribution is -0.143. The number of phenolic OH excluding ortho intramolecular Hbond substituents is 1. The van der Waals surface area contributed by atoms with E-state index in [4.69, 9.17) is 11.5 Å². The molecule has 0 saturated carbocycles. The number of carbonyl (C=O) groups is 6. The second-order valence-corrected chi connectivity index (χ2v) is 16.2. The van der Waals surface area contributed by atoms with Gasteiger partial charge in [0, 0.05) is 46.6 Å². The van der Waals surface area contributed by atoms with Crippen molar-refractivity contribution in [2.45, 2.75) is 123 Å². The highest BCUT2D eigenvalue weighted by Gasteiger charge is 2.40. The Morgan fingerprint density at radius 1 is 0.915 bits per heavy atom. The average molecular weight is 830 g/mol. The summed E-state index contributed by atoms with van der Waals surface area (Å²) in [6.07, 6.45) is 2.87. The number of nitrogens with one attached hydrogen (secondary N) is 6. The van der Waals surface area contributed by atoms with Crippen LogP contribution in [0.25, 0.3) is 0 Å². The topological polar surface area (TPSA) is 295 Å². The molecule has 59 heavy (non-hydrogen) atoms. The van der Waals surface area contributed by atoms with Gasteiger partial charge in [0.25, 0.3) is 0 Å². The Morgan fingerprint density at radius 3 is 2.17 bits per heavy atom. The summed E-state index contributed by atoms with van der Waals surface area (Å²) in [5.74, 6) is -3.52. The number of guanidine groups is 2. The van der Waals surface area contributed by atoms with Gasteiger partial charge in [-0.2, -0.15) is 0 Å². The Morgan fingerprint density at radius 2 is 1.59 bits per heavy atom. The lowest BCUT2D eigenvalue weighted by Gasteiger charge is -2.33. The Hall–Kier alpha value is -5.62. The van der Waals surface area contributed by atoms with E-state index in [9.17, 15) is 39.0 Å². The summed E-state index contributed by atoms with van der Waals surface area (Å²) in [5, 5.41) is 36.6. The Bertz CT molecular complexity index is 1620. The van der Waals surface area contributed by atoms with Gasteiger partial charge in [0.1, 0.15) is 36.0 Å². The van der Waals surface area contributed by atoms with Gasteiger partial charge in [-0.3, -0.25) is 34.0 Å². The van der Waals surface area contributed by atoms with Crippen molar-refractivity contribution in [2.75, 3.05) is 33.7 Å². The van der Waals surface area contributed by atoms with Crippen molar-refractivity contribution in [1.82, 2.24) is 36.8 Å².